The average Bonchev–Trinajstić information content (AvgIpc) is 3.38. The molecular weight excluding hydrogens is 506 g/mol. The summed E-state index contributed by atoms with van der Waals surface area (Å²) in [5.74, 6) is 0.720. The Balaban J connectivity index is 1.31. The predicted octanol–water partition coefficient (Wildman–Crippen LogP) is 4.61. The zero-order valence-electron chi connectivity index (χ0n) is 21.0. The molecule has 1 unspecified atom stereocenters. The zero-order chi connectivity index (χ0) is 27.4. The first kappa shape index (κ1) is 26.5. The number of benzene rings is 2. The number of ether oxygens (including phenoxy) is 1. The predicted molar refractivity (Wildman–Crippen MR) is 144 cm³/mol. The second-order valence-corrected chi connectivity index (χ2v) is 9.18. The number of hydrogen-bond donors (Lipinski definition) is 3. The Kier molecular flexibility index (Phi) is 7.97. The fourth-order valence-corrected chi connectivity index (χ4v) is 4.39. The van der Waals surface area contributed by atoms with Gasteiger partial charge in [0.05, 0.1) is 25.3 Å². The van der Waals surface area contributed by atoms with Crippen molar-refractivity contribution in [3.63, 3.8) is 0 Å². The Morgan fingerprint density at radius 1 is 1.10 bits per heavy atom. The van der Waals surface area contributed by atoms with Crippen LogP contribution >= 0.6 is 0 Å². The van der Waals surface area contributed by atoms with Crippen LogP contribution in [0.2, 0.25) is 0 Å². The molecule has 1 saturated heterocycles. The summed E-state index contributed by atoms with van der Waals surface area (Å²) in [6, 6.07) is 15.2. The van der Waals surface area contributed by atoms with Gasteiger partial charge in [-0.3, -0.25) is 10.1 Å². The Morgan fingerprint density at radius 2 is 1.87 bits per heavy atom. The molecule has 1 amide bonds. The van der Waals surface area contributed by atoms with Crippen LogP contribution in [0.1, 0.15) is 33.7 Å². The Morgan fingerprint density at radius 3 is 2.56 bits per heavy atom. The molecule has 4 N–H and O–H groups in total. The SMILES string of the molecule is Nc1ccc(/C=C/C(O)NCc2cc3cc(-c4ccc(C(=O)N5CCOCC5)cc4)cc(C(F)F)c3o2)cn1. The number of pyridine rings is 1. The quantitative estimate of drug-likeness (QED) is 0.283. The minimum Gasteiger partial charge on any atom is -0.459 e. The van der Waals surface area contributed by atoms with Crippen LogP contribution in [0.5, 0.6) is 0 Å². The molecule has 10 heteroatoms. The van der Waals surface area contributed by atoms with Crippen LogP contribution in [-0.2, 0) is 11.3 Å². The number of halogens is 2. The molecule has 1 atom stereocenters. The van der Waals surface area contributed by atoms with Crippen LogP contribution in [0.3, 0.4) is 0 Å². The van der Waals surface area contributed by atoms with Gasteiger partial charge in [-0.05, 0) is 65.2 Å². The van der Waals surface area contributed by atoms with Crippen LogP contribution in [0, 0.1) is 0 Å². The van der Waals surface area contributed by atoms with Crippen LogP contribution in [0.15, 0.2) is 71.3 Å². The molecule has 1 aliphatic rings. The van der Waals surface area contributed by atoms with Crippen molar-refractivity contribution in [2.45, 2.75) is 19.2 Å². The van der Waals surface area contributed by atoms with Crippen molar-refractivity contribution in [3.8, 4) is 11.1 Å². The van der Waals surface area contributed by atoms with E-state index in [0.29, 0.717) is 60.0 Å². The molecular formula is C29H28F2N4O4. The molecule has 2 aromatic heterocycles. The van der Waals surface area contributed by atoms with Crippen LogP contribution in [0.4, 0.5) is 14.6 Å². The van der Waals surface area contributed by atoms with E-state index in [1.165, 1.54) is 12.1 Å². The number of carbonyl (C=O) groups excluding carboxylic acids is 1. The first-order valence-corrected chi connectivity index (χ1v) is 12.5. The first-order chi connectivity index (χ1) is 18.9. The number of nitrogens with one attached hydrogen (secondary N) is 1. The summed E-state index contributed by atoms with van der Waals surface area (Å²) in [4.78, 5) is 18.5. The maximum atomic E-state index is 14.0. The molecule has 0 aliphatic carbocycles. The van der Waals surface area contributed by atoms with Crippen molar-refractivity contribution in [2.75, 3.05) is 32.0 Å². The molecule has 202 valence electrons. The fourth-order valence-electron chi connectivity index (χ4n) is 4.39. The van der Waals surface area contributed by atoms with Gasteiger partial charge in [0, 0.05) is 30.2 Å². The summed E-state index contributed by atoms with van der Waals surface area (Å²) in [5, 5.41) is 13.6. The summed E-state index contributed by atoms with van der Waals surface area (Å²) in [7, 11) is 0. The number of fused-ring (bicyclic) bond motifs is 1. The van der Waals surface area contributed by atoms with Crippen LogP contribution < -0.4 is 11.1 Å². The average molecular weight is 535 g/mol. The van der Waals surface area contributed by atoms with E-state index in [2.05, 4.69) is 10.3 Å². The number of rotatable bonds is 8. The molecule has 0 saturated carbocycles. The molecule has 2 aromatic carbocycles. The lowest BCUT2D eigenvalue weighted by molar-refractivity contribution is 0.0303. The highest BCUT2D eigenvalue weighted by Gasteiger charge is 2.20. The number of amides is 1. The van der Waals surface area contributed by atoms with Crippen molar-refractivity contribution in [1.82, 2.24) is 15.2 Å². The molecule has 0 radical (unpaired) electrons. The molecule has 3 heterocycles. The summed E-state index contributed by atoms with van der Waals surface area (Å²) in [5.41, 5.74) is 8.04. The van der Waals surface area contributed by atoms with E-state index in [1.54, 1.807) is 65.7 Å². The maximum absolute atomic E-state index is 14.0. The van der Waals surface area contributed by atoms with Crippen molar-refractivity contribution in [3.05, 3.63) is 89.3 Å². The third kappa shape index (κ3) is 6.31. The molecule has 0 bridgehead atoms. The van der Waals surface area contributed by atoms with E-state index in [1.807, 2.05) is 0 Å². The lowest BCUT2D eigenvalue weighted by atomic mass is 9.99. The van der Waals surface area contributed by atoms with Gasteiger partial charge in [-0.15, -0.1) is 0 Å². The number of carbonyl (C=O) groups is 1. The summed E-state index contributed by atoms with van der Waals surface area (Å²) < 4.78 is 39.0. The highest BCUT2D eigenvalue weighted by atomic mass is 19.3. The number of hydrogen-bond acceptors (Lipinski definition) is 7. The largest absolute Gasteiger partial charge is 0.459 e. The third-order valence-electron chi connectivity index (χ3n) is 6.46. The fraction of sp³-hybridized carbons (Fsp3) is 0.241. The molecule has 8 nitrogen and oxygen atoms in total. The Labute approximate surface area is 223 Å². The Bertz CT molecular complexity index is 1460. The van der Waals surface area contributed by atoms with E-state index in [9.17, 15) is 18.7 Å². The van der Waals surface area contributed by atoms with Gasteiger partial charge in [-0.1, -0.05) is 18.2 Å². The lowest BCUT2D eigenvalue weighted by Crippen LogP contribution is -2.40. The van der Waals surface area contributed by atoms with E-state index in [-0.39, 0.29) is 23.6 Å². The number of aliphatic hydroxyl groups excluding tert-OH is 1. The van der Waals surface area contributed by atoms with Crippen LogP contribution in [0.25, 0.3) is 28.2 Å². The van der Waals surface area contributed by atoms with E-state index in [4.69, 9.17) is 14.9 Å². The standard InChI is InChI=1S/C29H28F2N4O4/c30-28(31)24-15-21(19-3-5-20(6-4-19)29(37)35-9-11-38-12-10-35)13-22-14-23(39-27(22)24)17-34-26(36)8-2-18-1-7-25(32)33-16-18/h1-8,13-16,26,28,34,36H,9-12,17H2,(H2,32,33)/b8-2+. The number of aromatic nitrogens is 1. The van der Waals surface area contributed by atoms with Crippen molar-refractivity contribution in [1.29, 1.82) is 0 Å². The molecule has 4 aromatic rings. The zero-order valence-corrected chi connectivity index (χ0v) is 21.0. The minimum absolute atomic E-state index is 0.0808. The van der Waals surface area contributed by atoms with Gasteiger partial charge in [-0.2, -0.15) is 0 Å². The lowest BCUT2D eigenvalue weighted by Gasteiger charge is -2.26. The van der Waals surface area contributed by atoms with Crippen LogP contribution in [-0.4, -0.2) is 53.4 Å². The second kappa shape index (κ2) is 11.7. The van der Waals surface area contributed by atoms with E-state index >= 15 is 0 Å². The number of furan rings is 1. The van der Waals surface area contributed by atoms with Gasteiger partial charge in [0.15, 0.2) is 0 Å². The molecule has 5 rings (SSSR count). The molecule has 1 fully saturated rings. The molecule has 39 heavy (non-hydrogen) atoms. The molecule has 0 spiro atoms. The number of aliphatic hydroxyl groups is 1. The number of nitrogens with two attached hydrogens (primary N) is 1. The van der Waals surface area contributed by atoms with Gasteiger partial charge in [0.2, 0.25) is 0 Å². The van der Waals surface area contributed by atoms with Gasteiger partial charge in [0.25, 0.3) is 12.3 Å². The van der Waals surface area contributed by atoms with Gasteiger partial charge in [0.1, 0.15) is 23.4 Å². The number of nitrogens with zero attached hydrogens (tertiary/aromatic N) is 2. The summed E-state index contributed by atoms with van der Waals surface area (Å²) in [6.07, 6.45) is 1.05. The number of anilines is 1. The second-order valence-electron chi connectivity index (χ2n) is 9.18. The number of nitrogen functional groups attached to an aromatic ring is 1. The smallest absolute Gasteiger partial charge is 0.267 e. The van der Waals surface area contributed by atoms with Crippen molar-refractivity contribution in [2.24, 2.45) is 0 Å². The van der Waals surface area contributed by atoms with Gasteiger partial charge in [-0.25, -0.2) is 13.8 Å². The molecule has 1 aliphatic heterocycles. The third-order valence-corrected chi connectivity index (χ3v) is 6.46. The minimum atomic E-state index is -2.75. The monoisotopic (exact) mass is 534 g/mol. The van der Waals surface area contributed by atoms with Gasteiger partial charge < -0.3 is 24.9 Å². The van der Waals surface area contributed by atoms with Crippen molar-refractivity contribution < 1.29 is 27.8 Å². The Hall–Kier alpha value is -4.12. The highest BCUT2D eigenvalue weighted by molar-refractivity contribution is 5.95. The highest BCUT2D eigenvalue weighted by Crippen LogP contribution is 2.35. The van der Waals surface area contributed by atoms with Gasteiger partial charge >= 0.3 is 0 Å². The number of alkyl halides is 2. The number of morpholine rings is 1. The summed E-state index contributed by atoms with van der Waals surface area (Å²) in [6.45, 7) is 2.23. The van der Waals surface area contributed by atoms with E-state index < -0.39 is 12.7 Å². The summed E-state index contributed by atoms with van der Waals surface area (Å²) >= 11 is 0. The topological polar surface area (TPSA) is 114 Å². The van der Waals surface area contributed by atoms with Crippen molar-refractivity contribution >= 4 is 28.8 Å². The maximum Gasteiger partial charge on any atom is 0.267 e. The first-order valence-electron chi connectivity index (χ1n) is 12.5. The normalized spacial score (nSPS) is 14.9. The van der Waals surface area contributed by atoms with E-state index in [0.717, 1.165) is 5.56 Å².